The Morgan fingerprint density at radius 1 is 1.09 bits per heavy atom. The first kappa shape index (κ1) is 22.8. The van der Waals surface area contributed by atoms with E-state index in [1.54, 1.807) is 56.5 Å². The molecule has 1 amide bonds. The fourth-order valence-corrected chi connectivity index (χ4v) is 5.38. The van der Waals surface area contributed by atoms with Crippen LogP contribution >= 0.6 is 24.0 Å². The Morgan fingerprint density at radius 2 is 1.85 bits per heavy atom. The zero-order valence-corrected chi connectivity index (χ0v) is 20.3. The lowest BCUT2D eigenvalue weighted by Gasteiger charge is -2.28. The van der Waals surface area contributed by atoms with Gasteiger partial charge in [0.1, 0.15) is 5.75 Å². The highest BCUT2D eigenvalue weighted by Gasteiger charge is 2.27. The van der Waals surface area contributed by atoms with E-state index < -0.39 is 0 Å². The van der Waals surface area contributed by atoms with Gasteiger partial charge in [0.05, 0.1) is 30.9 Å². The Morgan fingerprint density at radius 3 is 2.65 bits per heavy atom. The number of phenolic OH excluding ortho intramolecular Hbond substituents is 1. The molecule has 34 heavy (non-hydrogen) atoms. The van der Waals surface area contributed by atoms with Gasteiger partial charge in [-0.25, -0.2) is 4.68 Å². The molecule has 0 unspecified atom stereocenters. The molecule has 3 heterocycles. The van der Waals surface area contributed by atoms with E-state index in [-0.39, 0.29) is 18.2 Å². The molecular weight excluding hydrogens is 468 g/mol. The molecule has 176 valence electrons. The smallest absolute Gasteiger partial charge is 0.237 e. The van der Waals surface area contributed by atoms with Crippen LogP contribution in [0, 0.1) is 4.77 Å². The average Bonchev–Trinajstić information content (AvgIpc) is 3.15. The number of rotatable bonds is 6. The van der Waals surface area contributed by atoms with E-state index in [1.165, 1.54) is 19.3 Å². The fraction of sp³-hybridized carbons (Fsp3) is 0.333. The molecule has 5 rings (SSSR count). The van der Waals surface area contributed by atoms with Crippen molar-refractivity contribution in [1.82, 2.24) is 19.4 Å². The summed E-state index contributed by atoms with van der Waals surface area (Å²) in [7, 11) is 0. The molecule has 0 saturated carbocycles. The Hall–Kier alpha value is -2.95. The standard InChI is InChI=1S/C24H26N6O2S2/c31-19-10-8-18(9-11-19)14-25-30-22(26-29(24(30)33)17-27-12-4-1-5-13-27)15-28-20-6-2-3-7-21(20)34-16-23(28)32/h2-3,6-11,14,31H,1,4-5,12-13,15-17H2/b25-14+. The van der Waals surface area contributed by atoms with E-state index in [0.29, 0.717) is 23.0 Å². The summed E-state index contributed by atoms with van der Waals surface area (Å²) in [6.45, 7) is 2.93. The molecular formula is C24H26N6O2S2. The van der Waals surface area contributed by atoms with Gasteiger partial charge in [0.2, 0.25) is 10.7 Å². The van der Waals surface area contributed by atoms with Crippen LogP contribution in [-0.2, 0) is 18.0 Å². The lowest BCUT2D eigenvalue weighted by Crippen LogP contribution is -2.35. The third kappa shape index (κ3) is 4.94. The van der Waals surface area contributed by atoms with Crippen molar-refractivity contribution in [3.05, 3.63) is 64.7 Å². The lowest BCUT2D eigenvalue weighted by molar-refractivity contribution is -0.116. The molecule has 1 aromatic heterocycles. The van der Waals surface area contributed by atoms with E-state index >= 15 is 0 Å². The summed E-state index contributed by atoms with van der Waals surface area (Å²) in [5, 5.41) is 19.0. The quantitative estimate of drug-likeness (QED) is 0.411. The van der Waals surface area contributed by atoms with Crippen LogP contribution in [0.4, 0.5) is 5.69 Å². The minimum Gasteiger partial charge on any atom is -0.508 e. The van der Waals surface area contributed by atoms with Gasteiger partial charge < -0.3 is 10.0 Å². The van der Waals surface area contributed by atoms with Crippen LogP contribution in [0.1, 0.15) is 30.7 Å². The van der Waals surface area contributed by atoms with Crippen LogP contribution in [0.5, 0.6) is 5.75 Å². The van der Waals surface area contributed by atoms with Crippen molar-refractivity contribution in [2.75, 3.05) is 23.7 Å². The number of anilines is 1. The first-order valence-electron chi connectivity index (χ1n) is 11.4. The molecule has 0 bridgehead atoms. The van der Waals surface area contributed by atoms with E-state index in [2.05, 4.69) is 10.0 Å². The molecule has 1 fully saturated rings. The van der Waals surface area contributed by atoms with E-state index in [9.17, 15) is 9.90 Å². The van der Waals surface area contributed by atoms with Crippen LogP contribution in [0.15, 0.2) is 58.5 Å². The van der Waals surface area contributed by atoms with Crippen LogP contribution in [-0.4, -0.2) is 55.4 Å². The number of phenols is 1. The lowest BCUT2D eigenvalue weighted by atomic mass is 10.1. The van der Waals surface area contributed by atoms with Crippen LogP contribution in [0.2, 0.25) is 0 Å². The SMILES string of the molecule is O=C1CSc2ccccc2N1Cc1nn(CN2CCCCC2)c(=S)n1/N=C/c1ccc(O)cc1. The minimum absolute atomic E-state index is 0.0364. The van der Waals surface area contributed by atoms with Gasteiger partial charge in [-0.2, -0.15) is 14.9 Å². The Labute approximate surface area is 207 Å². The number of amides is 1. The number of piperidine rings is 1. The number of carbonyl (C=O) groups excluding carboxylic acids is 1. The number of benzene rings is 2. The maximum atomic E-state index is 12.9. The van der Waals surface area contributed by atoms with E-state index in [4.69, 9.17) is 17.3 Å². The van der Waals surface area contributed by atoms with Gasteiger partial charge >= 0.3 is 0 Å². The number of hydrogen-bond acceptors (Lipinski definition) is 7. The van der Waals surface area contributed by atoms with Crippen LogP contribution in [0.25, 0.3) is 0 Å². The second-order valence-corrected chi connectivity index (χ2v) is 9.78. The molecule has 0 aliphatic carbocycles. The van der Waals surface area contributed by atoms with Gasteiger partial charge in [-0.15, -0.1) is 11.8 Å². The molecule has 1 N–H and O–H groups in total. The molecule has 1 saturated heterocycles. The molecule has 2 aromatic carbocycles. The third-order valence-corrected chi connectivity index (χ3v) is 7.42. The Balaban J connectivity index is 1.49. The summed E-state index contributed by atoms with van der Waals surface area (Å²) in [5.41, 5.74) is 1.71. The van der Waals surface area contributed by atoms with Crippen molar-refractivity contribution in [3.63, 3.8) is 0 Å². The average molecular weight is 495 g/mol. The van der Waals surface area contributed by atoms with Crippen LogP contribution < -0.4 is 4.90 Å². The highest BCUT2D eigenvalue weighted by Crippen LogP contribution is 2.35. The number of thioether (sulfide) groups is 1. The Kier molecular flexibility index (Phi) is 6.80. The first-order valence-corrected chi connectivity index (χ1v) is 12.7. The molecule has 3 aromatic rings. The fourth-order valence-electron chi connectivity index (χ4n) is 4.19. The molecule has 2 aliphatic heterocycles. The number of nitrogens with zero attached hydrogens (tertiary/aromatic N) is 6. The zero-order chi connectivity index (χ0) is 23.5. The summed E-state index contributed by atoms with van der Waals surface area (Å²) in [6, 6.07) is 14.7. The van der Waals surface area contributed by atoms with Crippen LogP contribution in [0.3, 0.4) is 0 Å². The topological polar surface area (TPSA) is 78.9 Å². The number of hydrogen-bond donors (Lipinski definition) is 1. The summed E-state index contributed by atoms with van der Waals surface area (Å²) in [4.78, 5) is 18.0. The molecule has 0 spiro atoms. The molecule has 0 radical (unpaired) electrons. The Bertz CT molecular complexity index is 1260. The summed E-state index contributed by atoms with van der Waals surface area (Å²) in [5.74, 6) is 1.23. The zero-order valence-electron chi connectivity index (χ0n) is 18.7. The molecule has 8 nitrogen and oxygen atoms in total. The maximum Gasteiger partial charge on any atom is 0.237 e. The monoisotopic (exact) mass is 494 g/mol. The van der Waals surface area contributed by atoms with Gasteiger partial charge in [-0.1, -0.05) is 18.6 Å². The van der Waals surface area contributed by atoms with E-state index in [0.717, 1.165) is 29.2 Å². The number of likely N-dealkylation sites (tertiary alicyclic amines) is 1. The highest BCUT2D eigenvalue weighted by atomic mass is 32.2. The number of para-hydroxylation sites is 1. The summed E-state index contributed by atoms with van der Waals surface area (Å²) >= 11 is 7.32. The minimum atomic E-state index is 0.0364. The summed E-state index contributed by atoms with van der Waals surface area (Å²) < 4.78 is 3.94. The van der Waals surface area contributed by atoms with Gasteiger partial charge in [-0.05, 0) is 80.1 Å². The predicted octanol–water partition coefficient (Wildman–Crippen LogP) is 4.08. The van der Waals surface area contributed by atoms with Crippen molar-refractivity contribution in [2.45, 2.75) is 37.4 Å². The molecule has 10 heteroatoms. The third-order valence-electron chi connectivity index (χ3n) is 5.99. The number of aromatic hydroxyl groups is 1. The molecule has 0 atom stereocenters. The van der Waals surface area contributed by atoms with Crippen molar-refractivity contribution >= 4 is 41.8 Å². The van der Waals surface area contributed by atoms with Crippen molar-refractivity contribution < 1.29 is 9.90 Å². The number of aromatic nitrogens is 3. The van der Waals surface area contributed by atoms with Gasteiger partial charge in [0.15, 0.2) is 5.82 Å². The van der Waals surface area contributed by atoms with Crippen molar-refractivity contribution in [3.8, 4) is 5.75 Å². The second-order valence-electron chi connectivity index (χ2n) is 8.40. The number of fused-ring (bicyclic) bond motifs is 1. The summed E-state index contributed by atoms with van der Waals surface area (Å²) in [6.07, 6.45) is 5.30. The number of carbonyl (C=O) groups is 1. The van der Waals surface area contributed by atoms with Gasteiger partial charge in [-0.3, -0.25) is 9.69 Å². The highest BCUT2D eigenvalue weighted by molar-refractivity contribution is 8.00. The largest absolute Gasteiger partial charge is 0.508 e. The van der Waals surface area contributed by atoms with Crippen molar-refractivity contribution in [2.24, 2.45) is 5.10 Å². The predicted molar refractivity (Wildman–Crippen MR) is 136 cm³/mol. The van der Waals surface area contributed by atoms with Crippen molar-refractivity contribution in [1.29, 1.82) is 0 Å². The van der Waals surface area contributed by atoms with E-state index in [1.807, 2.05) is 24.3 Å². The maximum absolute atomic E-state index is 12.9. The molecule has 2 aliphatic rings. The first-order chi connectivity index (χ1) is 16.6. The van der Waals surface area contributed by atoms with Gasteiger partial charge in [0, 0.05) is 4.90 Å². The second kappa shape index (κ2) is 10.1. The van der Waals surface area contributed by atoms with Gasteiger partial charge in [0.25, 0.3) is 0 Å². The normalized spacial score (nSPS) is 16.8.